The fraction of sp³-hybridized carbons (Fsp3) is 0.533. The summed E-state index contributed by atoms with van der Waals surface area (Å²) in [5.41, 5.74) is 1.06. The van der Waals surface area contributed by atoms with Gasteiger partial charge in [-0.25, -0.2) is 0 Å². The third kappa shape index (κ3) is 2.85. The second kappa shape index (κ2) is 5.97. The van der Waals surface area contributed by atoms with Gasteiger partial charge in [0.05, 0.1) is 4.88 Å². The molecule has 3 rings (SSSR count). The van der Waals surface area contributed by atoms with E-state index in [1.54, 1.807) is 0 Å². The highest BCUT2D eigenvalue weighted by Gasteiger charge is 2.29. The zero-order chi connectivity index (χ0) is 14.8. The van der Waals surface area contributed by atoms with Crippen molar-refractivity contribution in [2.45, 2.75) is 39.0 Å². The number of nitrogens with zero attached hydrogens (tertiary/aromatic N) is 3. The largest absolute Gasteiger partial charge is 0.339 e. The van der Waals surface area contributed by atoms with Crippen LogP contribution in [-0.2, 0) is 6.42 Å². The number of aryl methyl sites for hydroxylation is 2. The van der Waals surface area contributed by atoms with E-state index in [1.165, 1.54) is 11.3 Å². The van der Waals surface area contributed by atoms with E-state index in [-0.39, 0.29) is 11.8 Å². The lowest BCUT2D eigenvalue weighted by molar-refractivity contribution is 0.0708. The minimum absolute atomic E-state index is 0.131. The Morgan fingerprint density at radius 1 is 1.57 bits per heavy atom. The predicted molar refractivity (Wildman–Crippen MR) is 80.6 cm³/mol. The van der Waals surface area contributed by atoms with E-state index in [0.29, 0.717) is 12.4 Å². The average molecular weight is 305 g/mol. The zero-order valence-electron chi connectivity index (χ0n) is 12.3. The van der Waals surface area contributed by atoms with E-state index in [4.69, 9.17) is 4.52 Å². The van der Waals surface area contributed by atoms with Gasteiger partial charge in [0, 0.05) is 25.4 Å². The summed E-state index contributed by atoms with van der Waals surface area (Å²) in [7, 11) is 0. The second-order valence-electron chi connectivity index (χ2n) is 5.42. The molecule has 5 nitrogen and oxygen atoms in total. The number of thiophene rings is 1. The first kappa shape index (κ1) is 14.3. The fourth-order valence-corrected chi connectivity index (χ4v) is 3.58. The maximum absolute atomic E-state index is 12.6. The van der Waals surface area contributed by atoms with Gasteiger partial charge in [0.1, 0.15) is 0 Å². The lowest BCUT2D eigenvalue weighted by atomic mass is 9.97. The Bertz CT molecular complexity index is 634. The second-order valence-corrected chi connectivity index (χ2v) is 6.34. The minimum Gasteiger partial charge on any atom is -0.339 e. The van der Waals surface area contributed by atoms with E-state index in [0.717, 1.165) is 42.1 Å². The van der Waals surface area contributed by atoms with Crippen LogP contribution in [0.3, 0.4) is 0 Å². The number of amides is 1. The molecule has 21 heavy (non-hydrogen) atoms. The first-order valence-electron chi connectivity index (χ1n) is 7.35. The molecule has 2 aromatic rings. The number of piperidine rings is 1. The number of aromatic nitrogens is 2. The summed E-state index contributed by atoms with van der Waals surface area (Å²) in [6, 6.07) is 1.99. The summed E-state index contributed by atoms with van der Waals surface area (Å²) < 4.78 is 5.19. The molecule has 1 aliphatic heterocycles. The molecule has 3 heterocycles. The maximum atomic E-state index is 12.6. The van der Waals surface area contributed by atoms with Crippen LogP contribution in [0, 0.1) is 6.92 Å². The van der Waals surface area contributed by atoms with Crippen molar-refractivity contribution in [3.05, 3.63) is 33.6 Å². The van der Waals surface area contributed by atoms with Crippen molar-refractivity contribution in [1.29, 1.82) is 0 Å². The molecule has 1 aliphatic rings. The summed E-state index contributed by atoms with van der Waals surface area (Å²) in [4.78, 5) is 19.8. The highest BCUT2D eigenvalue weighted by molar-refractivity contribution is 7.12. The van der Waals surface area contributed by atoms with Crippen molar-refractivity contribution in [2.24, 2.45) is 0 Å². The van der Waals surface area contributed by atoms with Crippen molar-refractivity contribution < 1.29 is 9.32 Å². The fourth-order valence-electron chi connectivity index (χ4n) is 2.69. The van der Waals surface area contributed by atoms with Gasteiger partial charge in [-0.05, 0) is 36.8 Å². The quantitative estimate of drug-likeness (QED) is 0.874. The van der Waals surface area contributed by atoms with Crippen molar-refractivity contribution >= 4 is 17.2 Å². The summed E-state index contributed by atoms with van der Waals surface area (Å²) in [6.45, 7) is 5.47. The molecule has 0 bridgehead atoms. The maximum Gasteiger partial charge on any atom is 0.264 e. The summed E-state index contributed by atoms with van der Waals surface area (Å²) in [5, 5.41) is 6.03. The van der Waals surface area contributed by atoms with Gasteiger partial charge >= 0.3 is 0 Å². The van der Waals surface area contributed by atoms with Crippen LogP contribution in [0.2, 0.25) is 0 Å². The van der Waals surface area contributed by atoms with Crippen molar-refractivity contribution in [2.75, 3.05) is 13.1 Å². The Balaban J connectivity index is 1.74. The van der Waals surface area contributed by atoms with Crippen LogP contribution in [0.5, 0.6) is 0 Å². The SMILES string of the molecule is CCc1nc([C@H]2CCCN(C(=O)c3sccc3C)C2)no1. The minimum atomic E-state index is 0.131. The zero-order valence-corrected chi connectivity index (χ0v) is 13.2. The predicted octanol–water partition coefficient (Wildman–Crippen LogP) is 3.02. The molecule has 1 atom stereocenters. The van der Waals surface area contributed by atoms with Crippen LogP contribution < -0.4 is 0 Å². The Morgan fingerprint density at radius 2 is 2.43 bits per heavy atom. The molecule has 0 radical (unpaired) electrons. The number of carbonyl (C=O) groups excluding carboxylic acids is 1. The van der Waals surface area contributed by atoms with Gasteiger partial charge in [0.15, 0.2) is 5.82 Å². The van der Waals surface area contributed by atoms with Gasteiger partial charge in [-0.1, -0.05) is 12.1 Å². The standard InChI is InChI=1S/C15H19N3O2S/c1-3-12-16-14(17-20-12)11-5-4-7-18(9-11)15(19)13-10(2)6-8-21-13/h6,8,11H,3-5,7,9H2,1-2H3/t11-/m0/s1. The molecule has 1 fully saturated rings. The number of carbonyl (C=O) groups is 1. The van der Waals surface area contributed by atoms with Crippen molar-refractivity contribution in [3.63, 3.8) is 0 Å². The molecule has 0 unspecified atom stereocenters. The Kier molecular flexibility index (Phi) is 4.05. The Morgan fingerprint density at radius 3 is 3.10 bits per heavy atom. The molecule has 1 amide bonds. The van der Waals surface area contributed by atoms with Crippen LogP contribution in [0.15, 0.2) is 16.0 Å². The van der Waals surface area contributed by atoms with Gasteiger partial charge in [0.25, 0.3) is 5.91 Å². The van der Waals surface area contributed by atoms with Crippen LogP contribution in [0.4, 0.5) is 0 Å². The number of rotatable bonds is 3. The number of hydrogen-bond donors (Lipinski definition) is 0. The molecule has 0 aromatic carbocycles. The van der Waals surface area contributed by atoms with E-state index >= 15 is 0 Å². The van der Waals surface area contributed by atoms with Gasteiger partial charge in [-0.15, -0.1) is 11.3 Å². The van der Waals surface area contributed by atoms with Gasteiger partial charge in [-0.2, -0.15) is 4.98 Å². The average Bonchev–Trinajstić information content (AvgIpc) is 3.15. The van der Waals surface area contributed by atoms with Crippen LogP contribution in [0.1, 0.15) is 52.6 Å². The third-order valence-corrected chi connectivity index (χ3v) is 4.92. The van der Waals surface area contributed by atoms with Crippen LogP contribution in [0.25, 0.3) is 0 Å². The lowest BCUT2D eigenvalue weighted by Crippen LogP contribution is -2.39. The summed E-state index contributed by atoms with van der Waals surface area (Å²) >= 11 is 1.52. The molecule has 0 spiro atoms. The number of hydrogen-bond acceptors (Lipinski definition) is 5. The van der Waals surface area contributed by atoms with E-state index in [1.807, 2.05) is 30.2 Å². The molecule has 2 aromatic heterocycles. The van der Waals surface area contributed by atoms with Gasteiger partial charge < -0.3 is 9.42 Å². The highest BCUT2D eigenvalue weighted by Crippen LogP contribution is 2.27. The third-order valence-electron chi connectivity index (χ3n) is 3.92. The molecular formula is C15H19N3O2S. The monoisotopic (exact) mass is 305 g/mol. The Hall–Kier alpha value is -1.69. The van der Waals surface area contributed by atoms with Crippen LogP contribution in [-0.4, -0.2) is 34.0 Å². The molecule has 0 aliphatic carbocycles. The topological polar surface area (TPSA) is 59.2 Å². The first-order chi connectivity index (χ1) is 10.2. The van der Waals surface area contributed by atoms with E-state index in [2.05, 4.69) is 10.1 Å². The Labute approximate surface area is 128 Å². The lowest BCUT2D eigenvalue weighted by Gasteiger charge is -2.31. The summed E-state index contributed by atoms with van der Waals surface area (Å²) in [6.07, 6.45) is 2.74. The molecule has 0 saturated carbocycles. The first-order valence-corrected chi connectivity index (χ1v) is 8.23. The van der Waals surface area contributed by atoms with E-state index < -0.39 is 0 Å². The molecule has 0 N–H and O–H groups in total. The van der Waals surface area contributed by atoms with E-state index in [9.17, 15) is 4.79 Å². The molecule has 6 heteroatoms. The van der Waals surface area contributed by atoms with Crippen molar-refractivity contribution in [1.82, 2.24) is 15.0 Å². The molecule has 112 valence electrons. The normalized spacial score (nSPS) is 19.0. The smallest absolute Gasteiger partial charge is 0.264 e. The molecule has 1 saturated heterocycles. The highest BCUT2D eigenvalue weighted by atomic mass is 32.1. The number of likely N-dealkylation sites (tertiary alicyclic amines) is 1. The van der Waals surface area contributed by atoms with Gasteiger partial charge in [0.2, 0.25) is 5.89 Å². The summed E-state index contributed by atoms with van der Waals surface area (Å²) in [5.74, 6) is 1.73. The van der Waals surface area contributed by atoms with Crippen molar-refractivity contribution in [3.8, 4) is 0 Å². The molecular weight excluding hydrogens is 286 g/mol. The van der Waals surface area contributed by atoms with Crippen LogP contribution >= 0.6 is 11.3 Å². The van der Waals surface area contributed by atoms with Gasteiger partial charge in [-0.3, -0.25) is 4.79 Å².